The maximum absolute atomic E-state index is 9.77. The molecular weight excluding hydrogens is 174 g/mol. The predicted molar refractivity (Wildman–Crippen MR) is 57.8 cm³/mol. The van der Waals surface area contributed by atoms with Gasteiger partial charge in [-0.25, -0.2) is 0 Å². The summed E-state index contributed by atoms with van der Waals surface area (Å²) in [5.41, 5.74) is 4.00. The van der Waals surface area contributed by atoms with E-state index in [-0.39, 0.29) is 0 Å². The molecule has 0 aromatic heterocycles. The largest absolute Gasteiger partial charge is 0.508 e. The van der Waals surface area contributed by atoms with E-state index in [9.17, 15) is 5.11 Å². The molecule has 14 heavy (non-hydrogen) atoms. The van der Waals surface area contributed by atoms with Crippen LogP contribution in [0.2, 0.25) is 0 Å². The quantitative estimate of drug-likeness (QED) is 0.761. The molecule has 2 heteroatoms. The normalized spacial score (nSPS) is 14.4. The van der Waals surface area contributed by atoms with E-state index in [4.69, 9.17) is 0 Å². The lowest BCUT2D eigenvalue weighted by molar-refractivity contribution is 0.466. The molecule has 0 amide bonds. The van der Waals surface area contributed by atoms with E-state index in [1.54, 1.807) is 0 Å². The Bertz CT molecular complexity index is 333. The summed E-state index contributed by atoms with van der Waals surface area (Å²) in [6, 6.07) is 3.91. The van der Waals surface area contributed by atoms with Gasteiger partial charge in [0.1, 0.15) is 5.75 Å². The minimum absolute atomic E-state index is 0.473. The minimum Gasteiger partial charge on any atom is -0.508 e. The van der Waals surface area contributed by atoms with E-state index in [2.05, 4.69) is 11.4 Å². The lowest BCUT2D eigenvalue weighted by atomic mass is 10.00. The summed E-state index contributed by atoms with van der Waals surface area (Å²) < 4.78 is 0. The maximum atomic E-state index is 9.77. The van der Waals surface area contributed by atoms with E-state index in [1.807, 2.05) is 13.1 Å². The average Bonchev–Trinajstić information content (AvgIpc) is 2.64. The third-order valence-corrected chi connectivity index (χ3v) is 3.00. The standard InChI is InChI=1S/C12H17NO/c1-13-8-7-11-10-4-2-3-9(10)5-6-12(11)14/h5-6,13-14H,2-4,7-8H2,1H3. The van der Waals surface area contributed by atoms with Crippen LogP contribution in [0, 0.1) is 0 Å². The molecular formula is C12H17NO. The lowest BCUT2D eigenvalue weighted by Crippen LogP contribution is -2.11. The fourth-order valence-corrected chi connectivity index (χ4v) is 2.26. The van der Waals surface area contributed by atoms with Gasteiger partial charge in [0.15, 0.2) is 0 Å². The van der Waals surface area contributed by atoms with Crippen LogP contribution in [-0.2, 0) is 19.3 Å². The third kappa shape index (κ3) is 1.62. The zero-order valence-electron chi connectivity index (χ0n) is 8.64. The Morgan fingerprint density at radius 2 is 2.21 bits per heavy atom. The molecule has 1 aliphatic carbocycles. The third-order valence-electron chi connectivity index (χ3n) is 3.00. The van der Waals surface area contributed by atoms with E-state index in [0.717, 1.165) is 24.9 Å². The highest BCUT2D eigenvalue weighted by Crippen LogP contribution is 2.31. The van der Waals surface area contributed by atoms with Gasteiger partial charge in [-0.05, 0) is 62.0 Å². The average molecular weight is 191 g/mol. The molecule has 0 spiro atoms. The second-order valence-electron chi connectivity index (χ2n) is 3.91. The van der Waals surface area contributed by atoms with Crippen molar-refractivity contribution in [1.82, 2.24) is 5.32 Å². The van der Waals surface area contributed by atoms with Gasteiger partial charge >= 0.3 is 0 Å². The first-order valence-corrected chi connectivity index (χ1v) is 5.30. The van der Waals surface area contributed by atoms with Crippen molar-refractivity contribution in [2.75, 3.05) is 13.6 Å². The number of nitrogens with one attached hydrogen (secondary N) is 1. The Kier molecular flexibility index (Phi) is 2.73. The number of phenols is 1. The number of hydrogen-bond donors (Lipinski definition) is 2. The first kappa shape index (κ1) is 9.53. The van der Waals surface area contributed by atoms with Crippen molar-refractivity contribution in [1.29, 1.82) is 0 Å². The zero-order chi connectivity index (χ0) is 9.97. The van der Waals surface area contributed by atoms with Crippen molar-refractivity contribution in [2.45, 2.75) is 25.7 Å². The van der Waals surface area contributed by atoms with Gasteiger partial charge in [0.2, 0.25) is 0 Å². The van der Waals surface area contributed by atoms with Gasteiger partial charge in [0, 0.05) is 0 Å². The molecule has 2 nitrogen and oxygen atoms in total. The number of fused-ring (bicyclic) bond motifs is 1. The predicted octanol–water partition coefficient (Wildman–Crippen LogP) is 1.64. The fraction of sp³-hybridized carbons (Fsp3) is 0.500. The monoisotopic (exact) mass is 191 g/mol. The maximum Gasteiger partial charge on any atom is 0.119 e. The highest BCUT2D eigenvalue weighted by molar-refractivity contribution is 5.46. The number of benzene rings is 1. The summed E-state index contributed by atoms with van der Waals surface area (Å²) in [6.07, 6.45) is 4.50. The van der Waals surface area contributed by atoms with Crippen molar-refractivity contribution >= 4 is 0 Å². The van der Waals surface area contributed by atoms with Gasteiger partial charge in [-0.15, -0.1) is 0 Å². The summed E-state index contributed by atoms with van der Waals surface area (Å²) in [7, 11) is 1.94. The van der Waals surface area contributed by atoms with Crippen LogP contribution in [0.15, 0.2) is 12.1 Å². The first-order chi connectivity index (χ1) is 6.83. The summed E-state index contributed by atoms with van der Waals surface area (Å²) in [6.45, 7) is 0.935. The molecule has 0 radical (unpaired) electrons. The second kappa shape index (κ2) is 4.01. The molecule has 0 atom stereocenters. The Hall–Kier alpha value is -1.02. The van der Waals surface area contributed by atoms with Crippen molar-refractivity contribution < 1.29 is 5.11 Å². The number of hydrogen-bond acceptors (Lipinski definition) is 2. The first-order valence-electron chi connectivity index (χ1n) is 5.30. The topological polar surface area (TPSA) is 32.3 Å². The highest BCUT2D eigenvalue weighted by atomic mass is 16.3. The number of aromatic hydroxyl groups is 1. The number of phenolic OH excluding ortho intramolecular Hbond substituents is 1. The summed E-state index contributed by atoms with van der Waals surface area (Å²) >= 11 is 0. The molecule has 0 bridgehead atoms. The van der Waals surface area contributed by atoms with Crippen molar-refractivity contribution in [3.63, 3.8) is 0 Å². The van der Waals surface area contributed by atoms with Gasteiger partial charge in [-0.1, -0.05) is 6.07 Å². The molecule has 1 aromatic rings. The molecule has 0 unspecified atom stereocenters. The Labute approximate surface area is 85.0 Å². The number of likely N-dealkylation sites (N-methyl/N-ethyl adjacent to an activating group) is 1. The Balaban J connectivity index is 2.31. The molecule has 2 rings (SSSR count). The van der Waals surface area contributed by atoms with Gasteiger partial charge < -0.3 is 10.4 Å². The molecule has 0 aliphatic heterocycles. The molecule has 1 aromatic carbocycles. The van der Waals surface area contributed by atoms with Crippen LogP contribution >= 0.6 is 0 Å². The van der Waals surface area contributed by atoms with Gasteiger partial charge in [0.25, 0.3) is 0 Å². The van der Waals surface area contributed by atoms with Crippen LogP contribution in [0.25, 0.3) is 0 Å². The van der Waals surface area contributed by atoms with Gasteiger partial charge in [-0.3, -0.25) is 0 Å². The van der Waals surface area contributed by atoms with Crippen LogP contribution < -0.4 is 5.32 Å². The van der Waals surface area contributed by atoms with Crippen LogP contribution in [0.3, 0.4) is 0 Å². The fourth-order valence-electron chi connectivity index (χ4n) is 2.26. The van der Waals surface area contributed by atoms with E-state index in [1.165, 1.54) is 24.0 Å². The number of aryl methyl sites for hydroxylation is 1. The molecule has 76 valence electrons. The lowest BCUT2D eigenvalue weighted by Gasteiger charge is -2.10. The minimum atomic E-state index is 0.473. The van der Waals surface area contributed by atoms with Crippen molar-refractivity contribution in [3.8, 4) is 5.75 Å². The van der Waals surface area contributed by atoms with Gasteiger partial charge in [-0.2, -0.15) is 0 Å². The summed E-state index contributed by atoms with van der Waals surface area (Å²) in [4.78, 5) is 0. The van der Waals surface area contributed by atoms with Gasteiger partial charge in [0.05, 0.1) is 0 Å². The van der Waals surface area contributed by atoms with E-state index in [0.29, 0.717) is 5.75 Å². The SMILES string of the molecule is CNCCc1c(O)ccc2c1CCC2. The molecule has 0 fully saturated rings. The van der Waals surface area contributed by atoms with Crippen molar-refractivity contribution in [3.05, 3.63) is 28.8 Å². The van der Waals surface area contributed by atoms with Crippen LogP contribution in [0.4, 0.5) is 0 Å². The van der Waals surface area contributed by atoms with Crippen LogP contribution in [-0.4, -0.2) is 18.7 Å². The highest BCUT2D eigenvalue weighted by Gasteiger charge is 2.16. The number of rotatable bonds is 3. The molecule has 1 aliphatic rings. The second-order valence-corrected chi connectivity index (χ2v) is 3.91. The van der Waals surface area contributed by atoms with E-state index < -0.39 is 0 Å². The summed E-state index contributed by atoms with van der Waals surface area (Å²) in [5.74, 6) is 0.473. The van der Waals surface area contributed by atoms with Crippen LogP contribution in [0.5, 0.6) is 5.75 Å². The zero-order valence-corrected chi connectivity index (χ0v) is 8.64. The molecule has 0 heterocycles. The molecule has 2 N–H and O–H groups in total. The van der Waals surface area contributed by atoms with Crippen molar-refractivity contribution in [2.24, 2.45) is 0 Å². The smallest absolute Gasteiger partial charge is 0.119 e. The summed E-state index contributed by atoms with van der Waals surface area (Å²) in [5, 5.41) is 12.9. The molecule has 0 saturated carbocycles. The van der Waals surface area contributed by atoms with E-state index >= 15 is 0 Å². The Morgan fingerprint density at radius 3 is 3.00 bits per heavy atom. The molecule has 0 saturated heterocycles. The van der Waals surface area contributed by atoms with Crippen LogP contribution in [0.1, 0.15) is 23.1 Å². The Morgan fingerprint density at radius 1 is 1.36 bits per heavy atom.